The van der Waals surface area contributed by atoms with Gasteiger partial charge in [0.05, 0.1) is 20.3 Å². The van der Waals surface area contributed by atoms with Crippen LogP contribution in [0.5, 0.6) is 11.5 Å². The molecule has 1 aromatic carbocycles. The van der Waals surface area contributed by atoms with Crippen LogP contribution in [0.2, 0.25) is 0 Å². The van der Waals surface area contributed by atoms with Crippen molar-refractivity contribution in [1.29, 1.82) is 0 Å². The molecule has 0 aliphatic heterocycles. The number of nitrogens with two attached hydrogens (primary N) is 1. The van der Waals surface area contributed by atoms with Gasteiger partial charge in [0.2, 0.25) is 0 Å². The molecule has 0 heterocycles. The Morgan fingerprint density at radius 1 is 1.19 bits per heavy atom. The van der Waals surface area contributed by atoms with E-state index in [-0.39, 0.29) is 5.41 Å². The zero-order valence-corrected chi connectivity index (χ0v) is 14.3. The third kappa shape index (κ3) is 3.20. The maximum atomic E-state index is 11.0. The third-order valence-electron chi connectivity index (χ3n) is 4.63. The fourth-order valence-corrected chi connectivity index (χ4v) is 3.79. The topological polar surface area (TPSA) is 64.7 Å². The van der Waals surface area contributed by atoms with Crippen LogP contribution in [0.1, 0.15) is 43.8 Å². The van der Waals surface area contributed by atoms with Crippen molar-refractivity contribution in [1.82, 2.24) is 0 Å². The lowest BCUT2D eigenvalue weighted by atomic mass is 9.68. The third-order valence-corrected chi connectivity index (χ3v) is 5.32. The van der Waals surface area contributed by atoms with Gasteiger partial charge in [-0.25, -0.2) is 0 Å². The van der Waals surface area contributed by atoms with Crippen LogP contribution in [0.4, 0.5) is 0 Å². The summed E-state index contributed by atoms with van der Waals surface area (Å²) in [6.45, 7) is 0.495. The standard InChI is InChI=1S/C16H24BrNO3/c1-20-13-8-11(12(17)9-14(13)21-2)15(19)16(10-18)6-4-3-5-7-16/h8-9,15,19H,3-7,10,18H2,1-2H3. The van der Waals surface area contributed by atoms with E-state index >= 15 is 0 Å². The number of rotatable bonds is 5. The minimum atomic E-state index is -0.600. The summed E-state index contributed by atoms with van der Waals surface area (Å²) in [5.74, 6) is 1.27. The number of benzene rings is 1. The molecule has 1 unspecified atom stereocenters. The molecule has 118 valence electrons. The first-order chi connectivity index (χ1) is 10.1. The molecule has 3 N–H and O–H groups in total. The maximum Gasteiger partial charge on any atom is 0.161 e. The molecule has 0 bridgehead atoms. The minimum absolute atomic E-state index is 0.236. The highest BCUT2D eigenvalue weighted by Crippen LogP contribution is 2.48. The Morgan fingerprint density at radius 3 is 2.29 bits per heavy atom. The maximum absolute atomic E-state index is 11.0. The van der Waals surface area contributed by atoms with Gasteiger partial charge < -0.3 is 20.3 Å². The monoisotopic (exact) mass is 357 g/mol. The zero-order chi connectivity index (χ0) is 15.5. The lowest BCUT2D eigenvalue weighted by molar-refractivity contribution is 0.0000810. The van der Waals surface area contributed by atoms with Crippen LogP contribution in [0, 0.1) is 5.41 Å². The average molecular weight is 358 g/mol. The van der Waals surface area contributed by atoms with Gasteiger partial charge in [0.15, 0.2) is 11.5 Å². The number of halogens is 1. The van der Waals surface area contributed by atoms with E-state index < -0.39 is 6.10 Å². The highest BCUT2D eigenvalue weighted by molar-refractivity contribution is 9.10. The quantitative estimate of drug-likeness (QED) is 0.847. The molecule has 4 nitrogen and oxygen atoms in total. The Kier molecular flexibility index (Phi) is 5.52. The normalized spacial score (nSPS) is 19.1. The number of hydrogen-bond donors (Lipinski definition) is 2. The van der Waals surface area contributed by atoms with E-state index in [1.165, 1.54) is 6.42 Å². The van der Waals surface area contributed by atoms with Gasteiger partial charge in [-0.1, -0.05) is 35.2 Å². The molecule has 1 fully saturated rings. The zero-order valence-electron chi connectivity index (χ0n) is 12.7. The molecule has 1 atom stereocenters. The first-order valence-electron chi connectivity index (χ1n) is 7.37. The molecular weight excluding hydrogens is 334 g/mol. The van der Waals surface area contributed by atoms with Crippen molar-refractivity contribution >= 4 is 15.9 Å². The van der Waals surface area contributed by atoms with Crippen molar-refractivity contribution in [3.63, 3.8) is 0 Å². The Labute approximate surface area is 134 Å². The second-order valence-electron chi connectivity index (χ2n) is 5.76. The van der Waals surface area contributed by atoms with E-state index in [0.29, 0.717) is 18.0 Å². The largest absolute Gasteiger partial charge is 0.493 e. The Morgan fingerprint density at radius 2 is 1.76 bits per heavy atom. The highest BCUT2D eigenvalue weighted by Gasteiger charge is 2.39. The first-order valence-corrected chi connectivity index (χ1v) is 8.17. The van der Waals surface area contributed by atoms with E-state index in [0.717, 1.165) is 35.7 Å². The smallest absolute Gasteiger partial charge is 0.161 e. The van der Waals surface area contributed by atoms with Crippen LogP contribution < -0.4 is 15.2 Å². The van der Waals surface area contributed by atoms with Crippen LogP contribution in [0.3, 0.4) is 0 Å². The molecule has 1 aliphatic carbocycles. The minimum Gasteiger partial charge on any atom is -0.493 e. The number of hydrogen-bond acceptors (Lipinski definition) is 4. The van der Waals surface area contributed by atoms with E-state index in [9.17, 15) is 5.11 Å². The number of ether oxygens (including phenoxy) is 2. The molecular formula is C16H24BrNO3. The van der Waals surface area contributed by atoms with Crippen LogP contribution >= 0.6 is 15.9 Å². The van der Waals surface area contributed by atoms with Gasteiger partial charge in [-0.15, -0.1) is 0 Å². The molecule has 2 rings (SSSR count). The number of aliphatic hydroxyl groups is 1. The van der Waals surface area contributed by atoms with E-state index in [4.69, 9.17) is 15.2 Å². The summed E-state index contributed by atoms with van der Waals surface area (Å²) in [5, 5.41) is 11.0. The van der Waals surface area contributed by atoms with Crippen molar-refractivity contribution < 1.29 is 14.6 Å². The van der Waals surface area contributed by atoms with Crippen molar-refractivity contribution in [2.75, 3.05) is 20.8 Å². The summed E-state index contributed by atoms with van der Waals surface area (Å²) in [6.07, 6.45) is 4.80. The molecule has 1 aromatic rings. The lowest BCUT2D eigenvalue weighted by Crippen LogP contribution is -2.38. The van der Waals surface area contributed by atoms with Gasteiger partial charge in [0.25, 0.3) is 0 Å². The summed E-state index contributed by atoms with van der Waals surface area (Å²) in [4.78, 5) is 0. The van der Waals surface area contributed by atoms with Crippen molar-refractivity contribution in [2.24, 2.45) is 11.1 Å². The van der Waals surface area contributed by atoms with E-state index in [2.05, 4.69) is 15.9 Å². The fraction of sp³-hybridized carbons (Fsp3) is 0.625. The second kappa shape index (κ2) is 6.99. The fourth-order valence-electron chi connectivity index (χ4n) is 3.25. The summed E-state index contributed by atoms with van der Waals surface area (Å²) >= 11 is 3.54. The summed E-state index contributed by atoms with van der Waals surface area (Å²) < 4.78 is 11.5. The summed E-state index contributed by atoms with van der Waals surface area (Å²) in [6, 6.07) is 3.68. The van der Waals surface area contributed by atoms with Crippen LogP contribution in [0.15, 0.2) is 16.6 Å². The van der Waals surface area contributed by atoms with Crippen molar-refractivity contribution in [3.8, 4) is 11.5 Å². The molecule has 0 amide bonds. The van der Waals surface area contributed by atoms with Gasteiger partial charge in [-0.2, -0.15) is 0 Å². The predicted octanol–water partition coefficient (Wildman–Crippen LogP) is 3.41. The molecule has 0 aromatic heterocycles. The Hall–Kier alpha value is -0.780. The molecule has 21 heavy (non-hydrogen) atoms. The number of aliphatic hydroxyl groups excluding tert-OH is 1. The van der Waals surface area contributed by atoms with Gasteiger partial charge in [-0.05, 0) is 30.5 Å². The molecule has 0 saturated heterocycles. The molecule has 5 heteroatoms. The SMILES string of the molecule is COc1cc(Br)c(C(O)C2(CN)CCCCC2)cc1OC. The molecule has 0 spiro atoms. The highest BCUT2D eigenvalue weighted by atomic mass is 79.9. The van der Waals surface area contributed by atoms with E-state index in [1.54, 1.807) is 14.2 Å². The Balaban J connectivity index is 2.39. The van der Waals surface area contributed by atoms with Crippen molar-refractivity contribution in [3.05, 3.63) is 22.2 Å². The molecule has 0 radical (unpaired) electrons. The average Bonchev–Trinajstić information content (AvgIpc) is 2.54. The Bertz CT molecular complexity index is 487. The first kappa shape index (κ1) is 16.6. The summed E-state index contributed by atoms with van der Waals surface area (Å²) in [5.41, 5.74) is 6.61. The van der Waals surface area contributed by atoms with Gasteiger partial charge in [0.1, 0.15) is 0 Å². The van der Waals surface area contributed by atoms with Gasteiger partial charge in [-0.3, -0.25) is 0 Å². The van der Waals surface area contributed by atoms with Crippen LogP contribution in [0.25, 0.3) is 0 Å². The van der Waals surface area contributed by atoms with Gasteiger partial charge in [0, 0.05) is 16.4 Å². The predicted molar refractivity (Wildman–Crippen MR) is 86.8 cm³/mol. The number of methoxy groups -OCH3 is 2. The molecule has 1 aliphatic rings. The molecule has 1 saturated carbocycles. The van der Waals surface area contributed by atoms with E-state index in [1.807, 2.05) is 12.1 Å². The lowest BCUT2D eigenvalue weighted by Gasteiger charge is -2.40. The van der Waals surface area contributed by atoms with Crippen LogP contribution in [-0.2, 0) is 0 Å². The second-order valence-corrected chi connectivity index (χ2v) is 6.61. The summed E-state index contributed by atoms with van der Waals surface area (Å²) in [7, 11) is 3.20. The van der Waals surface area contributed by atoms with Crippen molar-refractivity contribution in [2.45, 2.75) is 38.2 Å². The van der Waals surface area contributed by atoms with Crippen LogP contribution in [-0.4, -0.2) is 25.9 Å². The van der Waals surface area contributed by atoms with Gasteiger partial charge >= 0.3 is 0 Å².